The second-order valence-electron chi connectivity index (χ2n) is 5.75. The average Bonchev–Trinajstić information content (AvgIpc) is 2.36. The molecule has 0 bridgehead atoms. The van der Waals surface area contributed by atoms with Gasteiger partial charge >= 0.3 is 0 Å². The summed E-state index contributed by atoms with van der Waals surface area (Å²) in [5, 5.41) is 7.49. The summed E-state index contributed by atoms with van der Waals surface area (Å²) in [6.07, 6.45) is 2.70. The lowest BCUT2D eigenvalue weighted by molar-refractivity contribution is -0.0610. The normalized spacial score (nSPS) is 48.8. The summed E-state index contributed by atoms with van der Waals surface area (Å²) in [5.41, 5.74) is 0. The van der Waals surface area contributed by atoms with Crippen LogP contribution >= 0.6 is 0 Å². The second kappa shape index (κ2) is 3.67. The van der Waals surface area contributed by atoms with Gasteiger partial charge in [0.1, 0.15) is 0 Å². The number of piperazine rings is 2. The molecular formula is C12H22N4. The first kappa shape index (κ1) is 9.83. The van der Waals surface area contributed by atoms with Gasteiger partial charge in [-0.25, -0.2) is 0 Å². The largest absolute Gasteiger partial charge is 0.311 e. The molecular weight excluding hydrogens is 200 g/mol. The quantitative estimate of drug-likeness (QED) is 0.555. The van der Waals surface area contributed by atoms with Crippen LogP contribution in [0.3, 0.4) is 0 Å². The van der Waals surface area contributed by atoms with Crippen molar-refractivity contribution in [2.24, 2.45) is 0 Å². The van der Waals surface area contributed by atoms with Crippen LogP contribution in [0.25, 0.3) is 0 Å². The molecule has 0 spiro atoms. The van der Waals surface area contributed by atoms with Gasteiger partial charge < -0.3 is 10.6 Å². The summed E-state index contributed by atoms with van der Waals surface area (Å²) in [6, 6.07) is 3.10. The van der Waals surface area contributed by atoms with Crippen molar-refractivity contribution in [3.05, 3.63) is 0 Å². The number of nitrogens with zero attached hydrogens (tertiary/aromatic N) is 2. The van der Waals surface area contributed by atoms with E-state index in [1.54, 1.807) is 0 Å². The van der Waals surface area contributed by atoms with Crippen LogP contribution in [-0.2, 0) is 0 Å². The van der Waals surface area contributed by atoms with Crippen LogP contribution in [0.4, 0.5) is 0 Å². The molecule has 4 heterocycles. The van der Waals surface area contributed by atoms with E-state index in [4.69, 9.17) is 0 Å². The van der Waals surface area contributed by atoms with Crippen molar-refractivity contribution in [3.63, 3.8) is 0 Å². The minimum absolute atomic E-state index is 0.762. The zero-order valence-electron chi connectivity index (χ0n) is 9.86. The van der Waals surface area contributed by atoms with E-state index in [1.807, 2.05) is 0 Å². The maximum atomic E-state index is 3.74. The van der Waals surface area contributed by atoms with Gasteiger partial charge in [-0.15, -0.1) is 0 Å². The number of rotatable bonds is 0. The Morgan fingerprint density at radius 1 is 0.688 bits per heavy atom. The van der Waals surface area contributed by atoms with Crippen LogP contribution in [0.5, 0.6) is 0 Å². The highest BCUT2D eigenvalue weighted by molar-refractivity contribution is 5.10. The first-order chi connectivity index (χ1) is 7.93. The Kier molecular flexibility index (Phi) is 2.25. The minimum atomic E-state index is 0.762. The Morgan fingerprint density at radius 3 is 1.69 bits per heavy atom. The standard InChI is InChI=1S/C12H22N4/c1-5-15-7-4-14-10-2-6-16-8-3-13-9(1)11(16)12(10)15/h9-14H,1-8H2/t9-,10-,11-,12-/m0/s1. The van der Waals surface area contributed by atoms with E-state index in [0.29, 0.717) is 0 Å². The molecule has 4 atom stereocenters. The van der Waals surface area contributed by atoms with Gasteiger partial charge in [0, 0.05) is 63.4 Å². The Bertz CT molecular complexity index is 230. The van der Waals surface area contributed by atoms with Crippen molar-refractivity contribution in [1.82, 2.24) is 20.4 Å². The van der Waals surface area contributed by atoms with E-state index >= 15 is 0 Å². The molecule has 4 saturated heterocycles. The summed E-state index contributed by atoms with van der Waals surface area (Å²) < 4.78 is 0. The van der Waals surface area contributed by atoms with Gasteiger partial charge in [0.05, 0.1) is 0 Å². The molecule has 0 amide bonds. The third-order valence-electron chi connectivity index (χ3n) is 5.08. The third kappa shape index (κ3) is 1.30. The van der Waals surface area contributed by atoms with E-state index in [1.165, 1.54) is 52.1 Å². The van der Waals surface area contributed by atoms with Crippen molar-refractivity contribution in [2.75, 3.05) is 39.3 Å². The Hall–Kier alpha value is -0.160. The summed E-state index contributed by atoms with van der Waals surface area (Å²) in [5.74, 6) is 0. The summed E-state index contributed by atoms with van der Waals surface area (Å²) in [6.45, 7) is 7.55. The molecule has 0 aliphatic carbocycles. The zero-order chi connectivity index (χ0) is 10.5. The molecule has 4 aliphatic heterocycles. The summed E-state index contributed by atoms with van der Waals surface area (Å²) in [7, 11) is 0. The average molecular weight is 222 g/mol. The fourth-order valence-corrected chi connectivity index (χ4v) is 4.42. The number of piperidine rings is 2. The maximum Gasteiger partial charge on any atom is 0.0421 e. The number of nitrogens with one attached hydrogen (secondary N) is 2. The molecule has 0 aromatic carbocycles. The molecule has 4 heteroatoms. The van der Waals surface area contributed by atoms with Crippen LogP contribution < -0.4 is 10.6 Å². The first-order valence-corrected chi connectivity index (χ1v) is 6.88. The second-order valence-corrected chi connectivity index (χ2v) is 5.75. The fourth-order valence-electron chi connectivity index (χ4n) is 4.42. The number of hydrogen-bond donors (Lipinski definition) is 2. The Balaban J connectivity index is 1.67. The van der Waals surface area contributed by atoms with Crippen LogP contribution in [0, 0.1) is 0 Å². The highest BCUT2D eigenvalue weighted by Crippen LogP contribution is 2.33. The van der Waals surface area contributed by atoms with Gasteiger partial charge in [0.25, 0.3) is 0 Å². The fraction of sp³-hybridized carbons (Fsp3) is 1.00. The molecule has 4 aliphatic rings. The van der Waals surface area contributed by atoms with Crippen molar-refractivity contribution < 1.29 is 0 Å². The van der Waals surface area contributed by atoms with Crippen LogP contribution in [0.2, 0.25) is 0 Å². The molecule has 0 unspecified atom stereocenters. The van der Waals surface area contributed by atoms with Crippen LogP contribution in [0.15, 0.2) is 0 Å². The van der Waals surface area contributed by atoms with E-state index in [2.05, 4.69) is 20.4 Å². The molecule has 0 radical (unpaired) electrons. The molecule has 4 nitrogen and oxygen atoms in total. The van der Waals surface area contributed by atoms with E-state index < -0.39 is 0 Å². The first-order valence-electron chi connectivity index (χ1n) is 6.88. The molecule has 2 N–H and O–H groups in total. The SMILES string of the molecule is C1CN2CC[C@@H]3NCCN4CC[C@H](N1)[C@H]2[C@H]34. The van der Waals surface area contributed by atoms with Gasteiger partial charge in [-0.05, 0) is 12.8 Å². The van der Waals surface area contributed by atoms with E-state index in [9.17, 15) is 0 Å². The predicted molar refractivity (Wildman–Crippen MR) is 63.5 cm³/mol. The molecule has 0 saturated carbocycles. The lowest BCUT2D eigenvalue weighted by atomic mass is 9.79. The predicted octanol–water partition coefficient (Wildman–Crippen LogP) is -0.921. The lowest BCUT2D eigenvalue weighted by Gasteiger charge is -2.59. The molecule has 4 rings (SSSR count). The van der Waals surface area contributed by atoms with Crippen molar-refractivity contribution >= 4 is 0 Å². The molecule has 16 heavy (non-hydrogen) atoms. The summed E-state index contributed by atoms with van der Waals surface area (Å²) in [4.78, 5) is 5.50. The van der Waals surface area contributed by atoms with Gasteiger partial charge in [-0.1, -0.05) is 0 Å². The maximum absolute atomic E-state index is 3.74. The highest BCUT2D eigenvalue weighted by atomic mass is 15.4. The molecule has 4 fully saturated rings. The lowest BCUT2D eigenvalue weighted by Crippen LogP contribution is -2.77. The summed E-state index contributed by atoms with van der Waals surface area (Å²) >= 11 is 0. The minimum Gasteiger partial charge on any atom is -0.311 e. The van der Waals surface area contributed by atoms with Crippen molar-refractivity contribution in [2.45, 2.75) is 37.0 Å². The van der Waals surface area contributed by atoms with Gasteiger partial charge in [0.2, 0.25) is 0 Å². The molecule has 0 aromatic rings. The van der Waals surface area contributed by atoms with Crippen molar-refractivity contribution in [3.8, 4) is 0 Å². The Labute approximate surface area is 97.3 Å². The van der Waals surface area contributed by atoms with E-state index in [-0.39, 0.29) is 0 Å². The topological polar surface area (TPSA) is 30.5 Å². The monoisotopic (exact) mass is 222 g/mol. The third-order valence-corrected chi connectivity index (χ3v) is 5.08. The molecule has 0 aromatic heterocycles. The van der Waals surface area contributed by atoms with Gasteiger partial charge in [-0.2, -0.15) is 0 Å². The molecule has 90 valence electrons. The van der Waals surface area contributed by atoms with Crippen molar-refractivity contribution in [1.29, 1.82) is 0 Å². The smallest absolute Gasteiger partial charge is 0.0421 e. The van der Waals surface area contributed by atoms with Crippen LogP contribution in [-0.4, -0.2) is 73.2 Å². The van der Waals surface area contributed by atoms with Crippen LogP contribution in [0.1, 0.15) is 12.8 Å². The van der Waals surface area contributed by atoms with E-state index in [0.717, 1.165) is 24.2 Å². The number of hydrogen-bond acceptors (Lipinski definition) is 4. The highest BCUT2D eigenvalue weighted by Gasteiger charge is 2.49. The zero-order valence-corrected chi connectivity index (χ0v) is 9.86. The van der Waals surface area contributed by atoms with Gasteiger partial charge in [0.15, 0.2) is 0 Å². The van der Waals surface area contributed by atoms with Gasteiger partial charge in [-0.3, -0.25) is 9.80 Å². The Morgan fingerprint density at radius 2 is 1.19 bits per heavy atom.